The van der Waals surface area contributed by atoms with Gasteiger partial charge in [-0.25, -0.2) is 14.2 Å². The van der Waals surface area contributed by atoms with Crippen molar-refractivity contribution in [1.82, 2.24) is 14.3 Å². The van der Waals surface area contributed by atoms with E-state index in [0.717, 1.165) is 18.4 Å². The van der Waals surface area contributed by atoms with Gasteiger partial charge in [0.25, 0.3) is 5.91 Å². The summed E-state index contributed by atoms with van der Waals surface area (Å²) in [6.45, 7) is 6.73. The molecule has 0 atom stereocenters. The first kappa shape index (κ1) is 26.2. The number of nitrogens with two attached hydrogens (primary N) is 1. The van der Waals surface area contributed by atoms with Crippen molar-refractivity contribution >= 4 is 17.6 Å². The van der Waals surface area contributed by atoms with Crippen LogP contribution >= 0.6 is 0 Å². The molecular formula is C30H31FN4O4. The van der Waals surface area contributed by atoms with Gasteiger partial charge in [0.15, 0.2) is 0 Å². The Hall–Kier alpha value is -4.40. The molecule has 5 rings (SSSR count). The summed E-state index contributed by atoms with van der Waals surface area (Å²) in [6.07, 6.45) is 2.99. The third-order valence-corrected chi connectivity index (χ3v) is 6.68. The monoisotopic (exact) mass is 530 g/mol. The topological polar surface area (TPSA) is 99.2 Å². The number of imidazole rings is 1. The maximum absolute atomic E-state index is 13.2. The van der Waals surface area contributed by atoms with Gasteiger partial charge >= 0.3 is 6.09 Å². The number of carbonyl (C=O) groups is 2. The smallest absolute Gasteiger partial charge is 0.410 e. The van der Waals surface area contributed by atoms with Crippen LogP contribution in [0, 0.1) is 5.82 Å². The second-order valence-electron chi connectivity index (χ2n) is 10.7. The Morgan fingerprint density at radius 1 is 0.974 bits per heavy atom. The lowest BCUT2D eigenvalue weighted by atomic mass is 9.90. The summed E-state index contributed by atoms with van der Waals surface area (Å²) in [6, 6.07) is 16.8. The van der Waals surface area contributed by atoms with Gasteiger partial charge in [0.1, 0.15) is 40.0 Å². The van der Waals surface area contributed by atoms with Gasteiger partial charge in [-0.2, -0.15) is 0 Å². The van der Waals surface area contributed by atoms with Crippen LogP contribution in [0.5, 0.6) is 11.5 Å². The maximum atomic E-state index is 13.2. The summed E-state index contributed by atoms with van der Waals surface area (Å²) in [5.74, 6) is 0.316. The van der Waals surface area contributed by atoms with E-state index in [1.54, 1.807) is 39.8 Å². The Kier molecular flexibility index (Phi) is 6.99. The fourth-order valence-electron chi connectivity index (χ4n) is 4.86. The Morgan fingerprint density at radius 3 is 2.18 bits per heavy atom. The summed E-state index contributed by atoms with van der Waals surface area (Å²) in [5.41, 5.74) is 8.45. The van der Waals surface area contributed by atoms with E-state index in [2.05, 4.69) is 0 Å². The number of piperidine rings is 1. The van der Waals surface area contributed by atoms with Gasteiger partial charge in [0, 0.05) is 24.8 Å². The summed E-state index contributed by atoms with van der Waals surface area (Å²) < 4.78 is 26.2. The van der Waals surface area contributed by atoms with Crippen LogP contribution < -0.4 is 10.5 Å². The van der Waals surface area contributed by atoms with Crippen LogP contribution in [0.3, 0.4) is 0 Å². The molecule has 2 aromatic carbocycles. The van der Waals surface area contributed by atoms with Crippen LogP contribution in [0.4, 0.5) is 9.18 Å². The Labute approximate surface area is 226 Å². The Morgan fingerprint density at radius 2 is 1.59 bits per heavy atom. The highest BCUT2D eigenvalue weighted by molar-refractivity contribution is 5.98. The van der Waals surface area contributed by atoms with Gasteiger partial charge in [-0.05, 0) is 99.7 Å². The van der Waals surface area contributed by atoms with Crippen LogP contribution in [0.25, 0.3) is 16.9 Å². The summed E-state index contributed by atoms with van der Waals surface area (Å²) in [5, 5.41) is 0. The number of ether oxygens (including phenoxy) is 2. The minimum Gasteiger partial charge on any atom is -0.457 e. The van der Waals surface area contributed by atoms with Crippen molar-refractivity contribution in [1.29, 1.82) is 0 Å². The largest absolute Gasteiger partial charge is 0.457 e. The molecular weight excluding hydrogens is 499 g/mol. The minimum absolute atomic E-state index is 0.162. The molecule has 0 saturated carbocycles. The molecule has 8 nitrogen and oxygen atoms in total. The highest BCUT2D eigenvalue weighted by atomic mass is 19.1. The van der Waals surface area contributed by atoms with E-state index in [-0.39, 0.29) is 17.8 Å². The third kappa shape index (κ3) is 5.72. The summed E-state index contributed by atoms with van der Waals surface area (Å²) >= 11 is 0. The number of carbonyl (C=O) groups excluding carboxylic acids is 2. The van der Waals surface area contributed by atoms with E-state index in [9.17, 15) is 14.0 Å². The van der Waals surface area contributed by atoms with Crippen LogP contribution in [0.15, 0.2) is 66.9 Å². The van der Waals surface area contributed by atoms with Crippen molar-refractivity contribution in [2.75, 3.05) is 13.1 Å². The van der Waals surface area contributed by atoms with Gasteiger partial charge in [-0.3, -0.25) is 9.20 Å². The van der Waals surface area contributed by atoms with Crippen molar-refractivity contribution in [3.8, 4) is 22.8 Å². The van der Waals surface area contributed by atoms with E-state index in [1.165, 1.54) is 12.1 Å². The molecule has 2 aromatic heterocycles. The van der Waals surface area contributed by atoms with Crippen molar-refractivity contribution in [2.24, 2.45) is 5.73 Å². The number of primary amides is 1. The molecule has 4 aromatic rings. The van der Waals surface area contributed by atoms with E-state index in [4.69, 9.17) is 20.2 Å². The van der Waals surface area contributed by atoms with Crippen molar-refractivity contribution in [3.63, 3.8) is 0 Å². The maximum Gasteiger partial charge on any atom is 0.410 e. The molecule has 2 N–H and O–H groups in total. The Balaban J connectivity index is 1.40. The number of benzene rings is 2. The quantitative estimate of drug-likeness (QED) is 0.334. The average molecular weight is 531 g/mol. The fourth-order valence-corrected chi connectivity index (χ4v) is 4.86. The van der Waals surface area contributed by atoms with Gasteiger partial charge < -0.3 is 20.1 Å². The fraction of sp³-hybridized carbons (Fsp3) is 0.300. The molecule has 1 saturated heterocycles. The van der Waals surface area contributed by atoms with E-state index in [0.29, 0.717) is 47.2 Å². The van der Waals surface area contributed by atoms with Crippen LogP contribution in [0.1, 0.15) is 55.6 Å². The predicted molar refractivity (Wildman–Crippen MR) is 145 cm³/mol. The van der Waals surface area contributed by atoms with Gasteiger partial charge in [-0.15, -0.1) is 0 Å². The van der Waals surface area contributed by atoms with Crippen LogP contribution in [-0.2, 0) is 4.74 Å². The lowest BCUT2D eigenvalue weighted by Gasteiger charge is -2.33. The number of halogens is 1. The van der Waals surface area contributed by atoms with Gasteiger partial charge in [0.05, 0.1) is 0 Å². The highest BCUT2D eigenvalue weighted by Crippen LogP contribution is 2.34. The highest BCUT2D eigenvalue weighted by Gasteiger charge is 2.29. The predicted octanol–water partition coefficient (Wildman–Crippen LogP) is 6.15. The summed E-state index contributed by atoms with van der Waals surface area (Å²) in [4.78, 5) is 31.7. The zero-order valence-corrected chi connectivity index (χ0v) is 22.2. The van der Waals surface area contributed by atoms with Crippen LogP contribution in [0.2, 0.25) is 0 Å². The normalized spacial score (nSPS) is 14.4. The first-order chi connectivity index (χ1) is 18.6. The molecule has 9 heteroatoms. The first-order valence-electron chi connectivity index (χ1n) is 12.9. The SMILES string of the molecule is CC(C)(C)OC(=O)N1CCC(c2cccn3c(C(N)=O)c(-c4ccc(Oc5ccc(F)cc5)cc4)nc23)CC1. The first-order valence-corrected chi connectivity index (χ1v) is 12.9. The van der Waals surface area contributed by atoms with Gasteiger partial charge in [0.2, 0.25) is 0 Å². The van der Waals surface area contributed by atoms with Crippen LogP contribution in [-0.4, -0.2) is 45.0 Å². The molecule has 1 fully saturated rings. The molecule has 3 heterocycles. The lowest BCUT2D eigenvalue weighted by Crippen LogP contribution is -2.41. The second-order valence-corrected chi connectivity index (χ2v) is 10.7. The molecule has 0 bridgehead atoms. The number of fused-ring (bicyclic) bond motifs is 1. The molecule has 0 spiro atoms. The lowest BCUT2D eigenvalue weighted by molar-refractivity contribution is 0.0205. The summed E-state index contributed by atoms with van der Waals surface area (Å²) in [7, 11) is 0. The van der Waals surface area contributed by atoms with Crippen molar-refractivity contribution < 1.29 is 23.5 Å². The number of aromatic nitrogens is 2. The third-order valence-electron chi connectivity index (χ3n) is 6.68. The number of likely N-dealkylation sites (tertiary alicyclic amines) is 1. The number of nitrogens with zero attached hydrogens (tertiary/aromatic N) is 3. The molecule has 2 amide bonds. The number of rotatable bonds is 5. The van der Waals surface area contributed by atoms with E-state index in [1.807, 2.05) is 45.0 Å². The van der Waals surface area contributed by atoms with Gasteiger partial charge in [-0.1, -0.05) is 6.07 Å². The van der Waals surface area contributed by atoms with Crippen molar-refractivity contribution in [2.45, 2.75) is 45.1 Å². The molecule has 0 aliphatic carbocycles. The number of hydrogen-bond donors (Lipinski definition) is 1. The molecule has 202 valence electrons. The average Bonchev–Trinajstić information content (AvgIpc) is 3.30. The second kappa shape index (κ2) is 10.4. The minimum atomic E-state index is -0.582. The van der Waals surface area contributed by atoms with E-state index >= 15 is 0 Å². The zero-order chi connectivity index (χ0) is 27.7. The zero-order valence-electron chi connectivity index (χ0n) is 22.2. The number of pyridine rings is 1. The molecule has 39 heavy (non-hydrogen) atoms. The molecule has 0 unspecified atom stereocenters. The Bertz CT molecular complexity index is 1500. The molecule has 1 aliphatic rings. The molecule has 0 radical (unpaired) electrons. The molecule has 1 aliphatic heterocycles. The van der Waals surface area contributed by atoms with E-state index < -0.39 is 11.5 Å². The van der Waals surface area contributed by atoms with Crippen molar-refractivity contribution in [3.05, 3.63) is 83.9 Å². The number of amides is 2. The standard InChI is InChI=1S/C30H31FN4O4/c1-30(2,3)39-29(37)34-17-14-19(15-18-34)24-5-4-16-35-26(27(32)36)25(33-28(24)35)20-6-10-22(11-7-20)38-23-12-8-21(31)9-13-23/h4-13,16,19H,14-15,17-18H2,1-3H3,(H2,32,36). The number of hydrogen-bond acceptors (Lipinski definition) is 5.